The maximum Gasteiger partial charge on any atom is 0.263 e. The minimum Gasteiger partial charge on any atom is -0.379 e. The Kier molecular flexibility index (Phi) is 6.08. The van der Waals surface area contributed by atoms with Crippen LogP contribution in [0.15, 0.2) is 39.0 Å². The van der Waals surface area contributed by atoms with Gasteiger partial charge in [0.25, 0.3) is 5.91 Å². The fourth-order valence-electron chi connectivity index (χ4n) is 2.57. The van der Waals surface area contributed by atoms with Crippen LogP contribution in [0.3, 0.4) is 0 Å². The smallest absolute Gasteiger partial charge is 0.263 e. The number of nitrogens with one attached hydrogen (secondary N) is 1. The van der Waals surface area contributed by atoms with Crippen LogP contribution in [0.2, 0.25) is 0 Å². The van der Waals surface area contributed by atoms with E-state index in [9.17, 15) is 17.6 Å². The summed E-state index contributed by atoms with van der Waals surface area (Å²) in [7, 11) is -3.76. The van der Waals surface area contributed by atoms with Crippen LogP contribution in [0.5, 0.6) is 0 Å². The summed E-state index contributed by atoms with van der Waals surface area (Å²) >= 11 is 4.25. The van der Waals surface area contributed by atoms with Crippen LogP contribution >= 0.6 is 27.3 Å². The van der Waals surface area contributed by atoms with E-state index in [4.69, 9.17) is 4.74 Å². The molecule has 0 spiro atoms. The Balaban J connectivity index is 1.76. The molecule has 2 heterocycles. The molecule has 26 heavy (non-hydrogen) atoms. The van der Waals surface area contributed by atoms with E-state index in [1.54, 1.807) is 11.4 Å². The second-order valence-electron chi connectivity index (χ2n) is 5.59. The first-order valence-electron chi connectivity index (χ1n) is 7.76. The van der Waals surface area contributed by atoms with Crippen LogP contribution in [0.1, 0.15) is 15.2 Å². The van der Waals surface area contributed by atoms with E-state index in [1.165, 1.54) is 22.5 Å². The Morgan fingerprint density at radius 1 is 1.31 bits per heavy atom. The third-order valence-corrected chi connectivity index (χ3v) is 7.24. The van der Waals surface area contributed by atoms with Gasteiger partial charge in [0.2, 0.25) is 10.0 Å². The van der Waals surface area contributed by atoms with E-state index < -0.39 is 21.7 Å². The van der Waals surface area contributed by atoms with Gasteiger partial charge in [-0.25, -0.2) is 12.8 Å². The molecule has 0 atom stereocenters. The SMILES string of the molecule is O=C(NCc1cc(F)cc(Br)c1)c1sccc1S(=O)(=O)N1CCOCC1. The maximum absolute atomic E-state index is 13.4. The number of sulfonamides is 1. The Morgan fingerprint density at radius 3 is 2.73 bits per heavy atom. The molecule has 3 rings (SSSR count). The first kappa shape index (κ1) is 19.4. The van der Waals surface area contributed by atoms with E-state index in [-0.39, 0.29) is 29.4 Å². The van der Waals surface area contributed by atoms with Gasteiger partial charge in [-0.3, -0.25) is 4.79 Å². The molecule has 0 saturated carbocycles. The number of nitrogens with zero attached hydrogens (tertiary/aromatic N) is 1. The van der Waals surface area contributed by atoms with Gasteiger partial charge >= 0.3 is 0 Å². The van der Waals surface area contributed by atoms with Crippen LogP contribution in [0.25, 0.3) is 0 Å². The number of morpholine rings is 1. The summed E-state index contributed by atoms with van der Waals surface area (Å²) < 4.78 is 46.0. The second kappa shape index (κ2) is 8.13. The van der Waals surface area contributed by atoms with E-state index >= 15 is 0 Å². The van der Waals surface area contributed by atoms with Gasteiger partial charge in [-0.2, -0.15) is 4.31 Å². The predicted molar refractivity (Wildman–Crippen MR) is 99.2 cm³/mol. The number of carbonyl (C=O) groups is 1. The lowest BCUT2D eigenvalue weighted by molar-refractivity contribution is 0.0730. The molecule has 0 radical (unpaired) electrons. The molecule has 1 aromatic heterocycles. The van der Waals surface area contributed by atoms with Crippen molar-refractivity contribution in [2.24, 2.45) is 0 Å². The Bertz CT molecular complexity index is 890. The highest BCUT2D eigenvalue weighted by Crippen LogP contribution is 2.26. The van der Waals surface area contributed by atoms with Crippen molar-refractivity contribution in [1.29, 1.82) is 0 Å². The molecule has 2 aromatic rings. The third-order valence-electron chi connectivity index (χ3n) is 3.80. The first-order valence-corrected chi connectivity index (χ1v) is 10.9. The van der Waals surface area contributed by atoms with Gasteiger partial charge in [0.15, 0.2) is 0 Å². The second-order valence-corrected chi connectivity index (χ2v) is 9.33. The molecule has 0 aliphatic carbocycles. The largest absolute Gasteiger partial charge is 0.379 e. The van der Waals surface area contributed by atoms with Gasteiger partial charge in [0.1, 0.15) is 15.6 Å². The lowest BCUT2D eigenvalue weighted by Gasteiger charge is -2.26. The summed E-state index contributed by atoms with van der Waals surface area (Å²) in [6.45, 7) is 1.27. The van der Waals surface area contributed by atoms with Crippen molar-refractivity contribution in [1.82, 2.24) is 9.62 Å². The van der Waals surface area contributed by atoms with Gasteiger partial charge in [-0.05, 0) is 35.2 Å². The molecule has 0 unspecified atom stereocenters. The number of hydrogen-bond donors (Lipinski definition) is 1. The molecule has 140 valence electrons. The Morgan fingerprint density at radius 2 is 2.04 bits per heavy atom. The molecule has 1 N–H and O–H groups in total. The predicted octanol–water partition coefficient (Wildman–Crippen LogP) is 2.60. The van der Waals surface area contributed by atoms with Crippen molar-refractivity contribution in [2.75, 3.05) is 26.3 Å². The van der Waals surface area contributed by atoms with E-state index in [0.29, 0.717) is 23.2 Å². The molecule has 1 aliphatic heterocycles. The number of thiophene rings is 1. The average molecular weight is 463 g/mol. The van der Waals surface area contributed by atoms with Crippen molar-refractivity contribution in [3.8, 4) is 0 Å². The number of halogens is 2. The molecular formula is C16H16BrFN2O4S2. The number of amides is 1. The summed E-state index contributed by atoms with van der Waals surface area (Å²) in [5.74, 6) is -0.928. The molecule has 1 saturated heterocycles. The minimum absolute atomic E-state index is 0.0117. The number of hydrogen-bond acceptors (Lipinski definition) is 5. The average Bonchev–Trinajstić information content (AvgIpc) is 3.10. The molecule has 1 aromatic carbocycles. The fourth-order valence-corrected chi connectivity index (χ4v) is 5.81. The molecule has 1 fully saturated rings. The van der Waals surface area contributed by atoms with Crippen molar-refractivity contribution in [2.45, 2.75) is 11.4 Å². The quantitative estimate of drug-likeness (QED) is 0.740. The number of ether oxygens (including phenoxy) is 1. The summed E-state index contributed by atoms with van der Waals surface area (Å²) in [5, 5.41) is 4.22. The van der Waals surface area contributed by atoms with E-state index in [0.717, 1.165) is 11.3 Å². The molecule has 1 aliphatic rings. The number of benzene rings is 1. The van der Waals surface area contributed by atoms with Gasteiger partial charge < -0.3 is 10.1 Å². The first-order chi connectivity index (χ1) is 12.4. The van der Waals surface area contributed by atoms with Crippen LogP contribution in [-0.2, 0) is 21.3 Å². The Labute approximate surface area is 163 Å². The monoisotopic (exact) mass is 462 g/mol. The van der Waals surface area contributed by atoms with Gasteiger partial charge in [0.05, 0.1) is 13.2 Å². The van der Waals surface area contributed by atoms with Crippen LogP contribution in [0.4, 0.5) is 4.39 Å². The summed E-state index contributed by atoms with van der Waals surface area (Å²) in [4.78, 5) is 12.6. The van der Waals surface area contributed by atoms with Crippen molar-refractivity contribution in [3.63, 3.8) is 0 Å². The zero-order valence-corrected chi connectivity index (χ0v) is 16.8. The third kappa shape index (κ3) is 4.32. The highest BCUT2D eigenvalue weighted by Gasteiger charge is 2.31. The lowest BCUT2D eigenvalue weighted by Crippen LogP contribution is -2.41. The standard InChI is InChI=1S/C16H16BrFN2O4S2/c17-12-7-11(8-13(18)9-12)10-19-16(21)15-14(1-6-25-15)26(22,23)20-2-4-24-5-3-20/h1,6-9H,2-5,10H2,(H,19,21). The summed E-state index contributed by atoms with van der Waals surface area (Å²) in [6.07, 6.45) is 0. The summed E-state index contributed by atoms with van der Waals surface area (Å²) in [6, 6.07) is 5.74. The van der Waals surface area contributed by atoms with Crippen LogP contribution < -0.4 is 5.32 Å². The van der Waals surface area contributed by atoms with Crippen molar-refractivity contribution in [3.05, 3.63) is 50.4 Å². The highest BCUT2D eigenvalue weighted by atomic mass is 79.9. The van der Waals surface area contributed by atoms with Crippen molar-refractivity contribution < 1.29 is 22.3 Å². The normalized spacial score (nSPS) is 15.8. The van der Waals surface area contributed by atoms with Crippen LogP contribution in [-0.4, -0.2) is 44.9 Å². The summed E-state index contributed by atoms with van der Waals surface area (Å²) in [5.41, 5.74) is 0.569. The number of rotatable bonds is 5. The van der Waals surface area contributed by atoms with Gasteiger partial charge in [-0.15, -0.1) is 11.3 Å². The zero-order chi connectivity index (χ0) is 18.7. The highest BCUT2D eigenvalue weighted by molar-refractivity contribution is 9.10. The molecular weight excluding hydrogens is 447 g/mol. The Hall–Kier alpha value is -1.33. The van der Waals surface area contributed by atoms with E-state index in [2.05, 4.69) is 21.2 Å². The van der Waals surface area contributed by atoms with Gasteiger partial charge in [0, 0.05) is 24.1 Å². The molecule has 0 bridgehead atoms. The fraction of sp³-hybridized carbons (Fsp3) is 0.312. The van der Waals surface area contributed by atoms with Crippen LogP contribution in [0, 0.1) is 5.82 Å². The van der Waals surface area contributed by atoms with E-state index in [1.807, 2.05) is 0 Å². The lowest BCUT2D eigenvalue weighted by atomic mass is 10.2. The number of carbonyl (C=O) groups excluding carboxylic acids is 1. The topological polar surface area (TPSA) is 75.7 Å². The molecule has 10 heteroatoms. The van der Waals surface area contributed by atoms with Crippen molar-refractivity contribution >= 4 is 43.2 Å². The maximum atomic E-state index is 13.4. The molecule has 1 amide bonds. The minimum atomic E-state index is -3.76. The molecule has 6 nitrogen and oxygen atoms in total. The van der Waals surface area contributed by atoms with Gasteiger partial charge in [-0.1, -0.05) is 15.9 Å². The zero-order valence-electron chi connectivity index (χ0n) is 13.6.